The van der Waals surface area contributed by atoms with E-state index in [2.05, 4.69) is 37.8 Å². The van der Waals surface area contributed by atoms with E-state index in [1.54, 1.807) is 12.5 Å². The number of imidazole rings is 1. The smallest absolute Gasteiger partial charge is 0.236 e. The quantitative estimate of drug-likeness (QED) is 0.271. The van der Waals surface area contributed by atoms with E-state index < -0.39 is 0 Å². The Balaban J connectivity index is 0.000000156. The second-order valence-corrected chi connectivity index (χ2v) is 6.54. The largest absolute Gasteiger partial charge is 0.305 e. The van der Waals surface area contributed by atoms with Gasteiger partial charge in [-0.1, -0.05) is 30.0 Å². The first-order valence-electron chi connectivity index (χ1n) is 9.56. The van der Waals surface area contributed by atoms with Crippen molar-refractivity contribution in [1.82, 2.24) is 24.1 Å². The molecule has 0 bridgehead atoms. The summed E-state index contributed by atoms with van der Waals surface area (Å²) in [6.45, 7) is 0. The van der Waals surface area contributed by atoms with Crippen molar-refractivity contribution in [2.75, 3.05) is 0 Å². The first-order valence-corrected chi connectivity index (χ1v) is 9.56. The summed E-state index contributed by atoms with van der Waals surface area (Å²) in [5.41, 5.74) is 5.10. The number of benzene rings is 3. The molecule has 0 aliphatic carbocycles. The van der Waals surface area contributed by atoms with Gasteiger partial charge in [-0.3, -0.25) is 0 Å². The molecule has 0 N–H and O–H groups in total. The van der Waals surface area contributed by atoms with E-state index in [-0.39, 0.29) is 20.1 Å². The molecule has 0 spiro atoms. The van der Waals surface area contributed by atoms with E-state index in [1.807, 2.05) is 89.4 Å². The van der Waals surface area contributed by atoms with Crippen molar-refractivity contribution in [3.63, 3.8) is 0 Å². The van der Waals surface area contributed by atoms with E-state index in [4.69, 9.17) is 0 Å². The van der Waals surface area contributed by atoms with Gasteiger partial charge in [-0.15, -0.1) is 42.0 Å². The van der Waals surface area contributed by atoms with E-state index >= 15 is 0 Å². The van der Waals surface area contributed by atoms with Gasteiger partial charge in [-0.25, -0.2) is 0 Å². The molecule has 0 aliphatic heterocycles. The second kappa shape index (κ2) is 9.47. The molecule has 1 radical (unpaired) electrons. The van der Waals surface area contributed by atoms with Crippen molar-refractivity contribution in [3.8, 4) is 16.9 Å². The Morgan fingerprint density at radius 1 is 0.677 bits per heavy atom. The van der Waals surface area contributed by atoms with Gasteiger partial charge in [0.25, 0.3) is 0 Å². The summed E-state index contributed by atoms with van der Waals surface area (Å²) in [5.74, 6) is 0.804. The third-order valence-electron chi connectivity index (χ3n) is 4.66. The monoisotopic (exact) mass is 580 g/mol. The molecule has 3 aromatic carbocycles. The molecule has 5 nitrogen and oxygen atoms in total. The maximum atomic E-state index is 4.33. The van der Waals surface area contributed by atoms with E-state index in [1.165, 1.54) is 0 Å². The number of fused-ring (bicyclic) bond motifs is 3. The Hall–Kier alpha value is -3.60. The van der Waals surface area contributed by atoms with Crippen LogP contribution in [0.4, 0.5) is 0 Å². The number of hydrogen-bond acceptors (Lipinski definition) is 3. The zero-order valence-electron chi connectivity index (χ0n) is 16.4. The fraction of sp³-hybridized carbons (Fsp3) is 0. The molecule has 6 heteroatoms. The van der Waals surface area contributed by atoms with Gasteiger partial charge in [0.05, 0.1) is 11.0 Å². The molecule has 0 atom stereocenters. The minimum Gasteiger partial charge on any atom is -0.305 e. The Bertz CT molecular complexity index is 1340. The van der Waals surface area contributed by atoms with Crippen LogP contribution in [0.3, 0.4) is 0 Å². The average Bonchev–Trinajstić information content (AvgIpc) is 3.42. The molecule has 0 amide bonds. The van der Waals surface area contributed by atoms with Crippen molar-refractivity contribution in [1.29, 1.82) is 0 Å². The molecule has 3 aromatic heterocycles. The Morgan fingerprint density at radius 2 is 1.42 bits per heavy atom. The van der Waals surface area contributed by atoms with Crippen LogP contribution in [0.2, 0.25) is 0 Å². The van der Waals surface area contributed by atoms with Gasteiger partial charge in [0, 0.05) is 26.3 Å². The molecule has 0 saturated heterocycles. The molecule has 0 aliphatic rings. The Morgan fingerprint density at radius 3 is 2.13 bits per heavy atom. The molecular weight excluding hydrogens is 563 g/mol. The predicted molar refractivity (Wildman–Crippen MR) is 117 cm³/mol. The molecule has 3 heterocycles. The minimum absolute atomic E-state index is 0. The molecule has 0 unspecified atom stereocenters. The van der Waals surface area contributed by atoms with Gasteiger partial charge in [-0.05, 0) is 23.9 Å². The first-order chi connectivity index (χ1) is 14.9. The Kier molecular flexibility index (Phi) is 6.31. The van der Waals surface area contributed by atoms with E-state index in [0.29, 0.717) is 0 Å². The molecule has 0 saturated carbocycles. The topological polar surface area (TPSA) is 48.0 Å². The number of nitrogens with zero attached hydrogens (tertiary/aromatic N) is 5. The summed E-state index contributed by atoms with van der Waals surface area (Å²) in [6, 6.07) is 36.0. The van der Waals surface area contributed by atoms with Crippen molar-refractivity contribution >= 4 is 16.8 Å². The van der Waals surface area contributed by atoms with Crippen LogP contribution in [0.5, 0.6) is 0 Å². The maximum Gasteiger partial charge on any atom is 0.236 e. The maximum absolute atomic E-state index is 4.33. The number of para-hydroxylation sites is 3. The minimum atomic E-state index is 0. The zero-order chi connectivity index (χ0) is 20.2. The first kappa shape index (κ1) is 20.7. The summed E-state index contributed by atoms with van der Waals surface area (Å²) in [6.07, 6.45) is 3.36. The summed E-state index contributed by atoms with van der Waals surface area (Å²) < 4.78 is 3.90. The van der Waals surface area contributed by atoms with Crippen LogP contribution < -0.4 is 0 Å². The van der Waals surface area contributed by atoms with Crippen LogP contribution in [0.1, 0.15) is 0 Å². The molecule has 0 fully saturated rings. The normalized spacial score (nSPS) is 10.3. The molecule has 31 heavy (non-hydrogen) atoms. The van der Waals surface area contributed by atoms with Crippen LogP contribution in [-0.4, -0.2) is 24.1 Å². The fourth-order valence-corrected chi connectivity index (χ4v) is 3.33. The number of rotatable bonds is 2. The van der Waals surface area contributed by atoms with Crippen LogP contribution >= 0.6 is 0 Å². The van der Waals surface area contributed by atoms with Crippen molar-refractivity contribution in [3.05, 3.63) is 116 Å². The summed E-state index contributed by atoms with van der Waals surface area (Å²) in [5, 5.41) is 4.26. The van der Waals surface area contributed by atoms with Gasteiger partial charge < -0.3 is 9.55 Å². The molecule has 6 rings (SSSR count). The summed E-state index contributed by atoms with van der Waals surface area (Å²) in [4.78, 5) is 8.54. The summed E-state index contributed by atoms with van der Waals surface area (Å²) >= 11 is 0. The van der Waals surface area contributed by atoms with Gasteiger partial charge in [0.15, 0.2) is 0 Å². The number of pyridine rings is 1. The third kappa shape index (κ3) is 4.17. The predicted octanol–water partition coefficient (Wildman–Crippen LogP) is 5.02. The number of hydrogen-bond donors (Lipinski definition) is 0. The van der Waals surface area contributed by atoms with Crippen LogP contribution in [0.25, 0.3) is 33.8 Å². The third-order valence-corrected chi connectivity index (χ3v) is 4.66. The van der Waals surface area contributed by atoms with Gasteiger partial charge in [-0.2, -0.15) is 38.9 Å². The second-order valence-electron chi connectivity index (χ2n) is 6.54. The molecule has 153 valence electrons. The van der Waals surface area contributed by atoms with Crippen molar-refractivity contribution in [2.24, 2.45) is 0 Å². The molecule has 6 aromatic rings. The van der Waals surface area contributed by atoms with Crippen LogP contribution in [0, 0.1) is 12.1 Å². The Labute approximate surface area is 193 Å². The summed E-state index contributed by atoms with van der Waals surface area (Å²) in [7, 11) is 0. The zero-order valence-corrected chi connectivity index (χ0v) is 18.8. The van der Waals surface area contributed by atoms with Crippen molar-refractivity contribution in [2.45, 2.75) is 0 Å². The van der Waals surface area contributed by atoms with Gasteiger partial charge in [0.1, 0.15) is 6.33 Å². The fourth-order valence-electron chi connectivity index (χ4n) is 3.33. The van der Waals surface area contributed by atoms with Crippen LogP contribution in [-0.2, 0) is 20.1 Å². The van der Waals surface area contributed by atoms with Gasteiger partial charge in [0.2, 0.25) is 5.78 Å². The SMILES string of the molecule is [Ir].[c-]1ccccc1-c1ccccn1.[c-]1ccccc1-n1c2ccccc2n2ncnc12. The van der Waals surface area contributed by atoms with Crippen LogP contribution in [0.15, 0.2) is 104 Å². The van der Waals surface area contributed by atoms with Crippen molar-refractivity contribution < 1.29 is 20.1 Å². The standard InChI is InChI=1S/C14H9N4.C11H8N.Ir/c1-2-6-11(7-3-1)17-12-8-4-5-9-13(12)18-14(17)15-10-16-18;1-2-6-10(7-3-1)11-8-4-5-9-12-11;/h1-6,8-10H;1-6,8-9H;/q2*-1;. The van der Waals surface area contributed by atoms with E-state index in [0.717, 1.165) is 33.8 Å². The molecular formula is C25H17IrN5-2. The van der Waals surface area contributed by atoms with Gasteiger partial charge >= 0.3 is 0 Å². The number of aromatic nitrogens is 5. The van der Waals surface area contributed by atoms with E-state index in [9.17, 15) is 0 Å². The average molecular weight is 580 g/mol.